The van der Waals surface area contributed by atoms with Crippen molar-refractivity contribution in [3.8, 4) is 11.5 Å². The molecule has 20 heavy (non-hydrogen) atoms. The van der Waals surface area contributed by atoms with Gasteiger partial charge in [-0.25, -0.2) is 0 Å². The second kappa shape index (κ2) is 6.36. The summed E-state index contributed by atoms with van der Waals surface area (Å²) in [5.74, 6) is 0.842. The summed E-state index contributed by atoms with van der Waals surface area (Å²) in [4.78, 5) is 10.2. The number of non-ortho nitro benzene ring substituents is 1. The van der Waals surface area contributed by atoms with Crippen molar-refractivity contribution in [1.29, 1.82) is 0 Å². The van der Waals surface area contributed by atoms with Crippen LogP contribution in [0.1, 0.15) is 5.56 Å². The molecule has 2 aromatic rings. The molecule has 0 unspecified atom stereocenters. The van der Waals surface area contributed by atoms with Crippen LogP contribution in [0.25, 0.3) is 0 Å². The van der Waals surface area contributed by atoms with Gasteiger partial charge in [0.15, 0.2) is 0 Å². The van der Waals surface area contributed by atoms with Crippen molar-refractivity contribution in [1.82, 2.24) is 5.32 Å². The number of hydrogen-bond acceptors (Lipinski definition) is 4. The summed E-state index contributed by atoms with van der Waals surface area (Å²) < 4.78 is 5.58. The van der Waals surface area contributed by atoms with Gasteiger partial charge in [-0.15, -0.1) is 0 Å². The molecule has 0 saturated heterocycles. The van der Waals surface area contributed by atoms with E-state index in [0.717, 1.165) is 5.56 Å². The molecule has 0 aliphatic carbocycles. The first-order valence-electron chi connectivity index (χ1n) is 5.95. The highest BCUT2D eigenvalue weighted by molar-refractivity contribution is 6.32. The third-order valence-corrected chi connectivity index (χ3v) is 2.93. The third kappa shape index (κ3) is 3.46. The van der Waals surface area contributed by atoms with Gasteiger partial charge in [0.2, 0.25) is 0 Å². The largest absolute Gasteiger partial charge is 0.456 e. The second-order valence-corrected chi connectivity index (χ2v) is 4.56. The Morgan fingerprint density at radius 3 is 2.75 bits per heavy atom. The van der Waals surface area contributed by atoms with Crippen molar-refractivity contribution in [2.45, 2.75) is 6.54 Å². The molecule has 2 aromatic carbocycles. The fourth-order valence-corrected chi connectivity index (χ4v) is 1.97. The Kier molecular flexibility index (Phi) is 4.55. The average Bonchev–Trinajstić information content (AvgIpc) is 2.42. The quantitative estimate of drug-likeness (QED) is 0.673. The molecule has 0 aromatic heterocycles. The van der Waals surface area contributed by atoms with Gasteiger partial charge in [-0.1, -0.05) is 23.7 Å². The Morgan fingerprint density at radius 1 is 1.30 bits per heavy atom. The summed E-state index contributed by atoms with van der Waals surface area (Å²) in [7, 11) is 1.85. The number of nitrogens with one attached hydrogen (secondary N) is 1. The minimum Gasteiger partial charge on any atom is -0.456 e. The zero-order valence-corrected chi connectivity index (χ0v) is 11.6. The van der Waals surface area contributed by atoms with E-state index >= 15 is 0 Å². The molecule has 104 valence electrons. The molecule has 1 N–H and O–H groups in total. The van der Waals surface area contributed by atoms with Crippen LogP contribution in [0.2, 0.25) is 5.02 Å². The van der Waals surface area contributed by atoms with Crippen LogP contribution in [0.3, 0.4) is 0 Å². The maximum atomic E-state index is 10.7. The SMILES string of the molecule is CNCc1ccc(Oc2cccc([N+](=O)[O-])c2)c(Cl)c1. The van der Waals surface area contributed by atoms with Crippen molar-refractivity contribution in [2.75, 3.05) is 7.05 Å². The number of nitro groups is 1. The number of halogens is 1. The van der Waals surface area contributed by atoms with Crippen molar-refractivity contribution in [3.05, 3.63) is 63.2 Å². The van der Waals surface area contributed by atoms with Crippen LogP contribution in [0.5, 0.6) is 11.5 Å². The van der Waals surface area contributed by atoms with Crippen LogP contribution in [0.15, 0.2) is 42.5 Å². The van der Waals surface area contributed by atoms with E-state index in [1.807, 2.05) is 13.1 Å². The zero-order chi connectivity index (χ0) is 14.5. The smallest absolute Gasteiger partial charge is 0.273 e. The van der Waals surface area contributed by atoms with Crippen LogP contribution < -0.4 is 10.1 Å². The molecule has 0 aliphatic rings. The Balaban J connectivity index is 2.21. The molecule has 0 bridgehead atoms. The summed E-state index contributed by atoms with van der Waals surface area (Å²) in [5.41, 5.74) is 1.01. The number of hydrogen-bond donors (Lipinski definition) is 1. The van der Waals surface area contributed by atoms with Crippen LogP contribution in [-0.2, 0) is 6.54 Å². The normalized spacial score (nSPS) is 10.3. The zero-order valence-electron chi connectivity index (χ0n) is 10.8. The van der Waals surface area contributed by atoms with E-state index in [9.17, 15) is 10.1 Å². The lowest BCUT2D eigenvalue weighted by Gasteiger charge is -2.09. The molecule has 0 spiro atoms. The molecule has 0 fully saturated rings. The molecular formula is C14H13ClN2O3. The summed E-state index contributed by atoms with van der Waals surface area (Å²) in [5, 5.41) is 14.2. The van der Waals surface area contributed by atoms with Crippen molar-refractivity contribution in [2.24, 2.45) is 0 Å². The summed E-state index contributed by atoms with van der Waals surface area (Å²) in [6, 6.07) is 11.4. The first kappa shape index (κ1) is 14.3. The van der Waals surface area contributed by atoms with Gasteiger partial charge in [0.25, 0.3) is 5.69 Å². The highest BCUT2D eigenvalue weighted by Crippen LogP contribution is 2.31. The first-order chi connectivity index (χ1) is 9.60. The summed E-state index contributed by atoms with van der Waals surface area (Å²) in [6.45, 7) is 0.705. The molecule has 0 heterocycles. The average molecular weight is 293 g/mol. The second-order valence-electron chi connectivity index (χ2n) is 4.15. The van der Waals surface area contributed by atoms with E-state index in [1.54, 1.807) is 24.3 Å². The van der Waals surface area contributed by atoms with Gasteiger partial charge in [-0.05, 0) is 30.8 Å². The Bertz CT molecular complexity index is 632. The Hall–Kier alpha value is -2.11. The lowest BCUT2D eigenvalue weighted by atomic mass is 10.2. The maximum Gasteiger partial charge on any atom is 0.273 e. The molecular weight excluding hydrogens is 280 g/mol. The van der Waals surface area contributed by atoms with E-state index in [-0.39, 0.29) is 5.69 Å². The number of ether oxygens (including phenoxy) is 1. The van der Waals surface area contributed by atoms with E-state index < -0.39 is 4.92 Å². The summed E-state index contributed by atoms with van der Waals surface area (Å²) in [6.07, 6.45) is 0. The number of nitrogens with zero attached hydrogens (tertiary/aromatic N) is 1. The van der Waals surface area contributed by atoms with Gasteiger partial charge in [-0.2, -0.15) is 0 Å². The predicted octanol–water partition coefficient (Wildman–Crippen LogP) is 3.76. The van der Waals surface area contributed by atoms with Gasteiger partial charge in [0.1, 0.15) is 11.5 Å². The predicted molar refractivity (Wildman–Crippen MR) is 77.4 cm³/mol. The number of rotatable bonds is 5. The van der Waals surface area contributed by atoms with Crippen molar-refractivity contribution < 1.29 is 9.66 Å². The Labute approximate surface area is 121 Å². The van der Waals surface area contributed by atoms with Gasteiger partial charge >= 0.3 is 0 Å². The van der Waals surface area contributed by atoms with Gasteiger partial charge in [0.05, 0.1) is 16.0 Å². The first-order valence-corrected chi connectivity index (χ1v) is 6.33. The van der Waals surface area contributed by atoms with Gasteiger partial charge in [-0.3, -0.25) is 10.1 Å². The van der Waals surface area contributed by atoms with Crippen LogP contribution >= 0.6 is 11.6 Å². The minimum absolute atomic E-state index is 0.0228. The molecule has 0 saturated carbocycles. The van der Waals surface area contributed by atoms with Crippen molar-refractivity contribution in [3.63, 3.8) is 0 Å². The van der Waals surface area contributed by atoms with Crippen molar-refractivity contribution >= 4 is 17.3 Å². The Morgan fingerprint density at radius 2 is 2.10 bits per heavy atom. The van der Waals surface area contributed by atoms with E-state index in [2.05, 4.69) is 5.32 Å². The molecule has 5 nitrogen and oxygen atoms in total. The standard InChI is InChI=1S/C14H13ClN2O3/c1-16-9-10-5-6-14(13(15)7-10)20-12-4-2-3-11(8-12)17(18)19/h2-8,16H,9H2,1H3. The van der Waals surface area contributed by atoms with E-state index in [1.165, 1.54) is 12.1 Å². The van der Waals surface area contributed by atoms with E-state index in [4.69, 9.17) is 16.3 Å². The highest BCUT2D eigenvalue weighted by atomic mass is 35.5. The fourth-order valence-electron chi connectivity index (χ4n) is 1.73. The molecule has 0 aliphatic heterocycles. The lowest BCUT2D eigenvalue weighted by Crippen LogP contribution is -2.04. The van der Waals surface area contributed by atoms with E-state index in [0.29, 0.717) is 23.1 Å². The lowest BCUT2D eigenvalue weighted by molar-refractivity contribution is -0.384. The molecule has 0 radical (unpaired) electrons. The fraction of sp³-hybridized carbons (Fsp3) is 0.143. The highest BCUT2D eigenvalue weighted by Gasteiger charge is 2.09. The topological polar surface area (TPSA) is 64.4 Å². The van der Waals surface area contributed by atoms with Crippen LogP contribution in [0, 0.1) is 10.1 Å². The maximum absolute atomic E-state index is 10.7. The van der Waals surface area contributed by atoms with Crippen LogP contribution in [0.4, 0.5) is 5.69 Å². The van der Waals surface area contributed by atoms with Gasteiger partial charge in [0, 0.05) is 12.6 Å². The van der Waals surface area contributed by atoms with Crippen LogP contribution in [-0.4, -0.2) is 12.0 Å². The minimum atomic E-state index is -0.468. The van der Waals surface area contributed by atoms with Gasteiger partial charge < -0.3 is 10.1 Å². The number of nitro benzene ring substituents is 1. The summed E-state index contributed by atoms with van der Waals surface area (Å²) >= 11 is 6.13. The monoisotopic (exact) mass is 292 g/mol. The molecule has 6 heteroatoms. The number of benzene rings is 2. The molecule has 2 rings (SSSR count). The molecule has 0 amide bonds. The third-order valence-electron chi connectivity index (χ3n) is 2.63. The molecule has 0 atom stereocenters.